The van der Waals surface area contributed by atoms with Crippen molar-refractivity contribution in [2.75, 3.05) is 5.75 Å². The molecule has 0 aliphatic carbocycles. The van der Waals surface area contributed by atoms with Gasteiger partial charge in [0.15, 0.2) is 0 Å². The zero-order valence-corrected chi connectivity index (χ0v) is 17.6. The standard InChI is InChI=1S/C19H23FN2O3S2/c1-11-12(2)14(4)19(15(5)13(11)3)27(24,25)22-21-18(23)10-26-17-9-7-6-8-16(17)20/h6-9,22H,10H2,1-5H3,(H,21,23). The molecule has 0 fully saturated rings. The van der Waals surface area contributed by atoms with Crippen LogP contribution in [-0.4, -0.2) is 20.1 Å². The summed E-state index contributed by atoms with van der Waals surface area (Å²) in [6.07, 6.45) is 0. The smallest absolute Gasteiger partial charge is 0.257 e. The lowest BCUT2D eigenvalue weighted by molar-refractivity contribution is -0.119. The Labute approximate surface area is 163 Å². The number of sulfonamides is 1. The molecule has 5 nitrogen and oxygen atoms in total. The van der Waals surface area contributed by atoms with Gasteiger partial charge in [-0.05, 0) is 74.6 Å². The van der Waals surface area contributed by atoms with Crippen molar-refractivity contribution in [3.63, 3.8) is 0 Å². The number of rotatable bonds is 6. The fourth-order valence-corrected chi connectivity index (χ4v) is 4.99. The SMILES string of the molecule is Cc1c(C)c(C)c(S(=O)(=O)NNC(=O)CSc2ccccc2F)c(C)c1C. The van der Waals surface area contributed by atoms with Crippen LogP contribution in [-0.2, 0) is 14.8 Å². The predicted octanol–water partition coefficient (Wildman–Crippen LogP) is 3.47. The summed E-state index contributed by atoms with van der Waals surface area (Å²) in [5, 5.41) is 0. The van der Waals surface area contributed by atoms with Gasteiger partial charge in [-0.2, -0.15) is 0 Å². The van der Waals surface area contributed by atoms with E-state index < -0.39 is 21.7 Å². The number of hydrazine groups is 1. The quantitative estimate of drug-likeness (QED) is 0.565. The fourth-order valence-electron chi connectivity index (χ4n) is 2.78. The Morgan fingerprint density at radius 1 is 0.963 bits per heavy atom. The summed E-state index contributed by atoms with van der Waals surface area (Å²) in [6.45, 7) is 9.20. The second kappa shape index (κ2) is 8.41. The van der Waals surface area contributed by atoms with Crippen LogP contribution in [0, 0.1) is 40.4 Å². The second-order valence-electron chi connectivity index (χ2n) is 6.33. The third-order valence-electron chi connectivity index (χ3n) is 4.72. The molecule has 1 amide bonds. The molecule has 2 rings (SSSR count). The van der Waals surface area contributed by atoms with Crippen molar-refractivity contribution in [1.29, 1.82) is 0 Å². The number of benzene rings is 2. The Hall–Kier alpha value is -1.90. The first-order chi connectivity index (χ1) is 12.6. The maximum Gasteiger partial charge on any atom is 0.257 e. The van der Waals surface area contributed by atoms with Gasteiger partial charge >= 0.3 is 0 Å². The minimum absolute atomic E-state index is 0.118. The average molecular weight is 411 g/mol. The van der Waals surface area contributed by atoms with E-state index in [1.807, 2.05) is 20.8 Å². The molecule has 0 heterocycles. The highest BCUT2D eigenvalue weighted by Crippen LogP contribution is 2.29. The molecule has 2 N–H and O–H groups in total. The zero-order valence-electron chi connectivity index (χ0n) is 15.9. The van der Waals surface area contributed by atoms with Gasteiger partial charge in [-0.3, -0.25) is 10.2 Å². The van der Waals surface area contributed by atoms with Gasteiger partial charge in [-0.15, -0.1) is 16.6 Å². The van der Waals surface area contributed by atoms with E-state index in [1.54, 1.807) is 32.0 Å². The summed E-state index contributed by atoms with van der Waals surface area (Å²) in [7, 11) is -3.93. The maximum absolute atomic E-state index is 13.6. The van der Waals surface area contributed by atoms with E-state index in [4.69, 9.17) is 0 Å². The first-order valence-corrected chi connectivity index (χ1v) is 10.8. The normalized spacial score (nSPS) is 11.5. The Morgan fingerprint density at radius 2 is 1.48 bits per heavy atom. The highest BCUT2D eigenvalue weighted by Gasteiger charge is 2.24. The van der Waals surface area contributed by atoms with Crippen molar-refractivity contribution in [2.24, 2.45) is 0 Å². The van der Waals surface area contributed by atoms with Crippen LogP contribution in [0.4, 0.5) is 4.39 Å². The molecule has 0 spiro atoms. The maximum atomic E-state index is 13.6. The van der Waals surface area contributed by atoms with Crippen molar-refractivity contribution < 1.29 is 17.6 Å². The Morgan fingerprint density at radius 3 is 2.04 bits per heavy atom. The molecular weight excluding hydrogens is 387 g/mol. The molecule has 0 aliphatic heterocycles. The Bertz CT molecular complexity index is 960. The van der Waals surface area contributed by atoms with Crippen LogP contribution < -0.4 is 10.3 Å². The van der Waals surface area contributed by atoms with Gasteiger partial charge in [-0.25, -0.2) is 12.8 Å². The summed E-state index contributed by atoms with van der Waals surface area (Å²) in [5.74, 6) is -1.11. The molecular formula is C19H23FN2O3S2. The lowest BCUT2D eigenvalue weighted by atomic mass is 9.95. The minimum atomic E-state index is -3.93. The second-order valence-corrected chi connectivity index (χ2v) is 8.96. The van der Waals surface area contributed by atoms with Crippen molar-refractivity contribution >= 4 is 27.7 Å². The van der Waals surface area contributed by atoms with Crippen LogP contribution >= 0.6 is 11.8 Å². The molecule has 0 unspecified atom stereocenters. The lowest BCUT2D eigenvalue weighted by Crippen LogP contribution is -2.43. The topological polar surface area (TPSA) is 75.3 Å². The summed E-state index contributed by atoms with van der Waals surface area (Å²) in [4.78, 5) is 14.6. The molecule has 2 aromatic rings. The number of halogens is 1. The number of hydrogen-bond donors (Lipinski definition) is 2. The lowest BCUT2D eigenvalue weighted by Gasteiger charge is -2.19. The minimum Gasteiger partial charge on any atom is -0.277 e. The highest BCUT2D eigenvalue weighted by atomic mass is 32.2. The number of carbonyl (C=O) groups excluding carboxylic acids is 1. The third-order valence-corrected chi connectivity index (χ3v) is 7.29. The number of carbonyl (C=O) groups is 1. The Kier molecular flexibility index (Phi) is 6.67. The van der Waals surface area contributed by atoms with E-state index in [0.29, 0.717) is 16.0 Å². The van der Waals surface area contributed by atoms with Gasteiger partial charge in [0.25, 0.3) is 10.0 Å². The van der Waals surface area contributed by atoms with E-state index in [0.717, 1.165) is 28.5 Å². The van der Waals surface area contributed by atoms with Crippen molar-refractivity contribution in [3.05, 3.63) is 57.9 Å². The average Bonchev–Trinajstić information content (AvgIpc) is 2.62. The van der Waals surface area contributed by atoms with Crippen LogP contribution in [0.5, 0.6) is 0 Å². The van der Waals surface area contributed by atoms with Gasteiger partial charge < -0.3 is 0 Å². The van der Waals surface area contributed by atoms with Crippen LogP contribution in [0.2, 0.25) is 0 Å². The number of amides is 1. The van der Waals surface area contributed by atoms with Crippen LogP contribution in [0.25, 0.3) is 0 Å². The molecule has 0 saturated heterocycles. The summed E-state index contributed by atoms with van der Waals surface area (Å²) >= 11 is 0.993. The molecule has 0 aromatic heterocycles. The number of nitrogens with one attached hydrogen (secondary N) is 2. The Balaban J connectivity index is 2.11. The molecule has 27 heavy (non-hydrogen) atoms. The molecule has 0 bridgehead atoms. The van der Waals surface area contributed by atoms with Crippen molar-refractivity contribution in [2.45, 2.75) is 44.4 Å². The monoisotopic (exact) mass is 410 g/mol. The van der Waals surface area contributed by atoms with Gasteiger partial charge in [-0.1, -0.05) is 12.1 Å². The van der Waals surface area contributed by atoms with E-state index >= 15 is 0 Å². The largest absolute Gasteiger partial charge is 0.277 e. The van der Waals surface area contributed by atoms with Gasteiger partial charge in [0.1, 0.15) is 5.82 Å². The zero-order chi connectivity index (χ0) is 20.4. The molecule has 0 radical (unpaired) electrons. The van der Waals surface area contributed by atoms with Gasteiger partial charge in [0.2, 0.25) is 5.91 Å². The predicted molar refractivity (Wildman–Crippen MR) is 106 cm³/mol. The summed E-state index contributed by atoms with van der Waals surface area (Å²) in [6, 6.07) is 6.09. The van der Waals surface area contributed by atoms with E-state index in [2.05, 4.69) is 10.3 Å². The van der Waals surface area contributed by atoms with Crippen molar-refractivity contribution in [1.82, 2.24) is 10.3 Å². The first kappa shape index (κ1) is 21.4. The molecule has 2 aromatic carbocycles. The highest BCUT2D eigenvalue weighted by molar-refractivity contribution is 8.00. The molecule has 0 aliphatic rings. The number of hydrogen-bond acceptors (Lipinski definition) is 4. The summed E-state index contributed by atoms with van der Waals surface area (Å²) < 4.78 is 39.0. The van der Waals surface area contributed by atoms with Gasteiger partial charge in [0.05, 0.1) is 10.6 Å². The van der Waals surface area contributed by atoms with Crippen molar-refractivity contribution in [3.8, 4) is 0 Å². The van der Waals surface area contributed by atoms with E-state index in [1.165, 1.54) is 6.07 Å². The first-order valence-electron chi connectivity index (χ1n) is 8.31. The van der Waals surface area contributed by atoms with E-state index in [-0.39, 0.29) is 10.6 Å². The van der Waals surface area contributed by atoms with Crippen LogP contribution in [0.1, 0.15) is 27.8 Å². The van der Waals surface area contributed by atoms with E-state index in [9.17, 15) is 17.6 Å². The van der Waals surface area contributed by atoms with Crippen LogP contribution in [0.3, 0.4) is 0 Å². The van der Waals surface area contributed by atoms with Gasteiger partial charge in [0, 0.05) is 4.90 Å². The molecule has 8 heteroatoms. The third kappa shape index (κ3) is 4.69. The molecule has 0 saturated carbocycles. The molecule has 146 valence electrons. The number of thioether (sulfide) groups is 1. The van der Waals surface area contributed by atoms with Crippen LogP contribution in [0.15, 0.2) is 34.1 Å². The fraction of sp³-hybridized carbons (Fsp3) is 0.316. The molecule has 0 atom stereocenters. The summed E-state index contributed by atoms with van der Waals surface area (Å²) in [5.41, 5.74) is 6.36.